The zero-order valence-electron chi connectivity index (χ0n) is 18.3. The van der Waals surface area contributed by atoms with Gasteiger partial charge in [0.1, 0.15) is 0 Å². The van der Waals surface area contributed by atoms with Gasteiger partial charge in [-0.25, -0.2) is 8.42 Å². The summed E-state index contributed by atoms with van der Waals surface area (Å²) in [5.74, 6) is 1.41. The molecule has 1 aromatic heterocycles. The van der Waals surface area contributed by atoms with Gasteiger partial charge in [-0.1, -0.05) is 31.3 Å². The molecule has 170 valence electrons. The van der Waals surface area contributed by atoms with E-state index in [2.05, 4.69) is 15.0 Å². The Morgan fingerprint density at radius 1 is 1.17 bits per heavy atom. The SMILES string of the molecule is CCCS(=O)(=O)N1CCN(Cc2noc(CCC(=O)N(C)C3CCCCC3)n2)CC1. The summed E-state index contributed by atoms with van der Waals surface area (Å²) < 4.78 is 31.2. The van der Waals surface area contributed by atoms with Gasteiger partial charge in [0.25, 0.3) is 0 Å². The van der Waals surface area contributed by atoms with E-state index in [1.54, 1.807) is 4.31 Å². The van der Waals surface area contributed by atoms with E-state index in [1.165, 1.54) is 19.3 Å². The first kappa shape index (κ1) is 23.1. The van der Waals surface area contributed by atoms with Crippen molar-refractivity contribution in [3.8, 4) is 0 Å². The molecule has 1 saturated heterocycles. The number of rotatable bonds is 9. The van der Waals surface area contributed by atoms with Crippen LogP contribution in [0.5, 0.6) is 0 Å². The summed E-state index contributed by atoms with van der Waals surface area (Å²) in [6.07, 6.45) is 7.33. The lowest BCUT2D eigenvalue weighted by Crippen LogP contribution is -2.48. The van der Waals surface area contributed by atoms with Gasteiger partial charge in [-0.2, -0.15) is 9.29 Å². The summed E-state index contributed by atoms with van der Waals surface area (Å²) in [6.45, 7) is 4.70. The lowest BCUT2D eigenvalue weighted by atomic mass is 9.94. The molecule has 0 bridgehead atoms. The Kier molecular flexibility index (Phi) is 8.24. The van der Waals surface area contributed by atoms with Crippen molar-refractivity contribution in [2.75, 3.05) is 39.0 Å². The Labute approximate surface area is 179 Å². The molecule has 1 saturated carbocycles. The zero-order chi connectivity index (χ0) is 21.6. The van der Waals surface area contributed by atoms with Crippen LogP contribution in [-0.2, 0) is 27.8 Å². The second kappa shape index (κ2) is 10.7. The van der Waals surface area contributed by atoms with Crippen molar-refractivity contribution in [2.24, 2.45) is 0 Å². The van der Waals surface area contributed by atoms with Gasteiger partial charge in [0, 0.05) is 52.1 Å². The Bertz CT molecular complexity index is 783. The Morgan fingerprint density at radius 3 is 2.53 bits per heavy atom. The van der Waals surface area contributed by atoms with E-state index in [4.69, 9.17) is 4.52 Å². The molecule has 10 heteroatoms. The average molecular weight is 442 g/mol. The van der Waals surface area contributed by atoms with Crippen molar-refractivity contribution >= 4 is 15.9 Å². The van der Waals surface area contributed by atoms with E-state index >= 15 is 0 Å². The van der Waals surface area contributed by atoms with Crippen molar-refractivity contribution < 1.29 is 17.7 Å². The lowest BCUT2D eigenvalue weighted by Gasteiger charge is -2.33. The minimum Gasteiger partial charge on any atom is -0.343 e. The van der Waals surface area contributed by atoms with Crippen LogP contribution < -0.4 is 0 Å². The van der Waals surface area contributed by atoms with Crippen LogP contribution >= 0.6 is 0 Å². The molecule has 3 rings (SSSR count). The zero-order valence-corrected chi connectivity index (χ0v) is 19.1. The summed E-state index contributed by atoms with van der Waals surface area (Å²) in [5.41, 5.74) is 0. The van der Waals surface area contributed by atoms with Crippen molar-refractivity contribution in [1.82, 2.24) is 24.2 Å². The van der Waals surface area contributed by atoms with Gasteiger partial charge in [0.15, 0.2) is 5.82 Å². The van der Waals surface area contributed by atoms with Crippen molar-refractivity contribution in [2.45, 2.75) is 70.9 Å². The fourth-order valence-electron chi connectivity index (χ4n) is 4.27. The predicted octanol–water partition coefficient (Wildman–Crippen LogP) is 1.65. The Morgan fingerprint density at radius 2 is 1.87 bits per heavy atom. The molecular weight excluding hydrogens is 406 g/mol. The number of amides is 1. The first-order chi connectivity index (χ1) is 14.4. The summed E-state index contributed by atoms with van der Waals surface area (Å²) in [6, 6.07) is 0.365. The molecule has 2 fully saturated rings. The quantitative estimate of drug-likeness (QED) is 0.574. The summed E-state index contributed by atoms with van der Waals surface area (Å²) in [5, 5.41) is 4.04. The standard InChI is InChI=1S/C20H35N5O4S/c1-3-15-30(27,28)25-13-11-24(12-14-25)16-18-21-19(29-22-18)9-10-20(26)23(2)17-7-5-4-6-8-17/h17H,3-16H2,1-2H3. The summed E-state index contributed by atoms with van der Waals surface area (Å²) in [4.78, 5) is 20.9. The Hall–Kier alpha value is -1.52. The molecule has 1 aliphatic carbocycles. The number of hydrogen-bond donors (Lipinski definition) is 0. The molecule has 0 atom stereocenters. The molecule has 0 spiro atoms. The van der Waals surface area contributed by atoms with E-state index in [0.29, 0.717) is 69.7 Å². The van der Waals surface area contributed by atoms with Gasteiger partial charge in [-0.05, 0) is 19.3 Å². The second-order valence-electron chi connectivity index (χ2n) is 8.39. The Balaban J connectivity index is 1.41. The second-order valence-corrected chi connectivity index (χ2v) is 10.5. The molecule has 0 radical (unpaired) electrons. The summed E-state index contributed by atoms with van der Waals surface area (Å²) in [7, 11) is -1.23. The van der Waals surface area contributed by atoms with Gasteiger partial charge in [-0.3, -0.25) is 9.69 Å². The minimum atomic E-state index is -3.14. The highest BCUT2D eigenvalue weighted by Crippen LogP contribution is 2.22. The van der Waals surface area contributed by atoms with Crippen molar-refractivity contribution in [3.05, 3.63) is 11.7 Å². The molecule has 0 N–H and O–H groups in total. The fraction of sp³-hybridized carbons (Fsp3) is 0.850. The van der Waals surface area contributed by atoms with Crippen molar-refractivity contribution in [3.63, 3.8) is 0 Å². The van der Waals surface area contributed by atoms with E-state index in [1.807, 2.05) is 18.9 Å². The number of carbonyl (C=O) groups excluding carboxylic acids is 1. The summed E-state index contributed by atoms with van der Waals surface area (Å²) >= 11 is 0. The number of carbonyl (C=O) groups is 1. The fourth-order valence-corrected chi connectivity index (χ4v) is 5.76. The first-order valence-corrected chi connectivity index (χ1v) is 12.8. The molecule has 1 aromatic rings. The topological polar surface area (TPSA) is 99.8 Å². The minimum absolute atomic E-state index is 0.131. The van der Waals surface area contributed by atoms with Gasteiger partial charge in [0.05, 0.1) is 12.3 Å². The third-order valence-electron chi connectivity index (χ3n) is 6.13. The lowest BCUT2D eigenvalue weighted by molar-refractivity contribution is -0.132. The van der Waals surface area contributed by atoms with Gasteiger partial charge >= 0.3 is 0 Å². The molecular formula is C20H35N5O4S. The normalized spacial score (nSPS) is 19.8. The third kappa shape index (κ3) is 6.24. The van der Waals surface area contributed by atoms with Crippen LogP contribution in [0.3, 0.4) is 0 Å². The van der Waals surface area contributed by atoms with E-state index in [-0.39, 0.29) is 11.7 Å². The van der Waals surface area contributed by atoms with E-state index in [0.717, 1.165) is 12.8 Å². The van der Waals surface area contributed by atoms with Crippen LogP contribution in [0, 0.1) is 0 Å². The maximum atomic E-state index is 12.5. The largest absolute Gasteiger partial charge is 0.343 e. The average Bonchev–Trinajstić information content (AvgIpc) is 3.19. The molecule has 2 heterocycles. The number of sulfonamides is 1. The van der Waals surface area contributed by atoms with Crippen LogP contribution in [0.1, 0.15) is 63.6 Å². The van der Waals surface area contributed by atoms with Crippen LogP contribution in [0.25, 0.3) is 0 Å². The highest BCUT2D eigenvalue weighted by atomic mass is 32.2. The van der Waals surface area contributed by atoms with Crippen LogP contribution in [0.15, 0.2) is 4.52 Å². The predicted molar refractivity (Wildman–Crippen MR) is 113 cm³/mol. The maximum Gasteiger partial charge on any atom is 0.227 e. The molecule has 9 nitrogen and oxygen atoms in total. The van der Waals surface area contributed by atoms with Crippen LogP contribution in [-0.4, -0.2) is 83.6 Å². The number of nitrogens with zero attached hydrogens (tertiary/aromatic N) is 5. The third-order valence-corrected chi connectivity index (χ3v) is 8.21. The number of aromatic nitrogens is 2. The number of hydrogen-bond acceptors (Lipinski definition) is 7. The van der Waals surface area contributed by atoms with Gasteiger partial charge in [0.2, 0.25) is 21.8 Å². The molecule has 0 unspecified atom stereocenters. The van der Waals surface area contributed by atoms with Crippen LogP contribution in [0.4, 0.5) is 0 Å². The highest BCUT2D eigenvalue weighted by molar-refractivity contribution is 7.89. The molecule has 2 aliphatic rings. The molecule has 30 heavy (non-hydrogen) atoms. The monoisotopic (exact) mass is 441 g/mol. The molecule has 1 amide bonds. The van der Waals surface area contributed by atoms with Crippen molar-refractivity contribution in [1.29, 1.82) is 0 Å². The number of aryl methyl sites for hydroxylation is 1. The first-order valence-electron chi connectivity index (χ1n) is 11.2. The maximum absolute atomic E-state index is 12.5. The highest BCUT2D eigenvalue weighted by Gasteiger charge is 2.27. The number of piperazine rings is 1. The van der Waals surface area contributed by atoms with Gasteiger partial charge < -0.3 is 9.42 Å². The van der Waals surface area contributed by atoms with Gasteiger partial charge in [-0.15, -0.1) is 0 Å². The van der Waals surface area contributed by atoms with E-state index in [9.17, 15) is 13.2 Å². The molecule has 0 aromatic carbocycles. The van der Waals surface area contributed by atoms with E-state index < -0.39 is 10.0 Å². The smallest absolute Gasteiger partial charge is 0.227 e. The van der Waals surface area contributed by atoms with Crippen LogP contribution in [0.2, 0.25) is 0 Å². The molecule has 1 aliphatic heterocycles.